The summed E-state index contributed by atoms with van der Waals surface area (Å²) in [6.45, 7) is 1.85. The molecule has 2 aromatic rings. The summed E-state index contributed by atoms with van der Waals surface area (Å²) in [4.78, 5) is 20.4. The number of nitrogens with zero attached hydrogens (tertiary/aromatic N) is 2. The van der Waals surface area contributed by atoms with E-state index in [4.69, 9.17) is 5.73 Å². The Morgan fingerprint density at radius 3 is 2.76 bits per heavy atom. The highest BCUT2D eigenvalue weighted by molar-refractivity contribution is 8.13. The molecule has 0 saturated heterocycles. The first kappa shape index (κ1) is 21.1. The van der Waals surface area contributed by atoms with E-state index < -0.39 is 34.7 Å². The van der Waals surface area contributed by atoms with Gasteiger partial charge in [0.15, 0.2) is 5.17 Å². The van der Waals surface area contributed by atoms with Gasteiger partial charge in [-0.1, -0.05) is 18.7 Å². The molecule has 1 amide bonds. The number of nitrogens with one attached hydrogen (secondary N) is 1. The van der Waals surface area contributed by atoms with Crippen molar-refractivity contribution in [1.29, 1.82) is 0 Å². The Balaban J connectivity index is 1.96. The van der Waals surface area contributed by atoms with E-state index in [2.05, 4.69) is 15.3 Å². The Labute approximate surface area is 168 Å². The Hall–Kier alpha value is -2.62. The van der Waals surface area contributed by atoms with Crippen molar-refractivity contribution in [3.05, 3.63) is 59.2 Å². The lowest BCUT2D eigenvalue weighted by atomic mass is 9.84. The minimum Gasteiger partial charge on any atom is -0.379 e. The minimum atomic E-state index is -4.73. The van der Waals surface area contributed by atoms with E-state index >= 15 is 0 Å². The number of pyridine rings is 1. The summed E-state index contributed by atoms with van der Waals surface area (Å²) in [5.74, 6) is -0.910. The number of nitrogens with two attached hydrogens (primary N) is 1. The van der Waals surface area contributed by atoms with Crippen molar-refractivity contribution in [2.45, 2.75) is 31.5 Å². The van der Waals surface area contributed by atoms with Gasteiger partial charge in [0.25, 0.3) is 5.91 Å². The van der Waals surface area contributed by atoms with E-state index in [0.29, 0.717) is 23.8 Å². The molecule has 5 nitrogen and oxygen atoms in total. The van der Waals surface area contributed by atoms with E-state index in [9.17, 15) is 22.4 Å². The van der Waals surface area contributed by atoms with Crippen molar-refractivity contribution in [2.24, 2.45) is 10.7 Å². The van der Waals surface area contributed by atoms with Crippen molar-refractivity contribution < 1.29 is 22.4 Å². The second kappa shape index (κ2) is 8.02. The molecule has 1 aromatic carbocycles. The van der Waals surface area contributed by atoms with Crippen LogP contribution in [0.1, 0.15) is 41.4 Å². The van der Waals surface area contributed by atoms with Crippen molar-refractivity contribution >= 4 is 28.5 Å². The summed E-state index contributed by atoms with van der Waals surface area (Å²) in [5, 5.41) is 2.72. The van der Waals surface area contributed by atoms with Crippen molar-refractivity contribution in [3.8, 4) is 0 Å². The second-order valence-corrected chi connectivity index (χ2v) is 7.59. The Morgan fingerprint density at radius 1 is 1.34 bits per heavy atom. The van der Waals surface area contributed by atoms with E-state index in [1.165, 1.54) is 23.9 Å². The highest BCUT2D eigenvalue weighted by atomic mass is 32.2. The molecule has 0 radical (unpaired) electrons. The van der Waals surface area contributed by atoms with Gasteiger partial charge in [-0.25, -0.2) is 4.39 Å². The lowest BCUT2D eigenvalue weighted by Gasteiger charge is -2.33. The summed E-state index contributed by atoms with van der Waals surface area (Å²) in [5.41, 5.74) is 3.42. The number of carbonyl (C=O) groups excluding carboxylic acids is 1. The quantitative estimate of drug-likeness (QED) is 0.703. The molecule has 2 heterocycles. The number of halogens is 4. The average molecular weight is 426 g/mol. The van der Waals surface area contributed by atoms with Crippen LogP contribution in [0.3, 0.4) is 0 Å². The lowest BCUT2D eigenvalue weighted by molar-refractivity contribution is -0.138. The van der Waals surface area contributed by atoms with Crippen LogP contribution in [-0.2, 0) is 11.7 Å². The molecule has 1 atom stereocenters. The molecule has 1 aliphatic rings. The minimum absolute atomic E-state index is 0.144. The van der Waals surface area contributed by atoms with E-state index in [1.54, 1.807) is 0 Å². The van der Waals surface area contributed by atoms with E-state index in [1.807, 2.05) is 6.92 Å². The predicted octanol–water partition coefficient (Wildman–Crippen LogP) is 4.55. The molecule has 154 valence electrons. The first-order valence-corrected chi connectivity index (χ1v) is 9.76. The Kier molecular flexibility index (Phi) is 5.83. The zero-order valence-corrected chi connectivity index (χ0v) is 16.2. The van der Waals surface area contributed by atoms with Gasteiger partial charge in [0.05, 0.1) is 11.1 Å². The van der Waals surface area contributed by atoms with Gasteiger partial charge < -0.3 is 11.1 Å². The fourth-order valence-electron chi connectivity index (χ4n) is 3.23. The average Bonchev–Trinajstić information content (AvgIpc) is 2.68. The molecular weight excluding hydrogens is 408 g/mol. The summed E-state index contributed by atoms with van der Waals surface area (Å²) < 4.78 is 54.0. The summed E-state index contributed by atoms with van der Waals surface area (Å²) in [6, 6.07) is 5.70. The van der Waals surface area contributed by atoms with Crippen LogP contribution in [0.25, 0.3) is 0 Å². The highest BCUT2D eigenvalue weighted by Gasteiger charge is 2.37. The van der Waals surface area contributed by atoms with Crippen molar-refractivity contribution in [1.82, 2.24) is 4.98 Å². The van der Waals surface area contributed by atoms with Crippen LogP contribution < -0.4 is 11.1 Å². The predicted molar refractivity (Wildman–Crippen MR) is 104 cm³/mol. The van der Waals surface area contributed by atoms with Crippen LogP contribution >= 0.6 is 11.8 Å². The molecule has 0 bridgehead atoms. The van der Waals surface area contributed by atoms with Gasteiger partial charge in [-0.3, -0.25) is 14.8 Å². The number of hydrogen-bond donors (Lipinski definition) is 2. The number of rotatable bonds is 4. The molecule has 0 unspecified atom stereocenters. The lowest BCUT2D eigenvalue weighted by Crippen LogP contribution is -2.32. The molecule has 0 aliphatic carbocycles. The molecular formula is C19H18F4N4OS. The van der Waals surface area contributed by atoms with Crippen LogP contribution in [0.15, 0.2) is 41.5 Å². The third-order valence-electron chi connectivity index (χ3n) is 4.73. The number of amidine groups is 1. The number of carbonyl (C=O) groups is 1. The van der Waals surface area contributed by atoms with Crippen LogP contribution in [0.2, 0.25) is 0 Å². The molecule has 29 heavy (non-hydrogen) atoms. The maximum Gasteiger partial charge on any atom is 0.418 e. The SMILES string of the molecule is CC[C@@]1(c2cc(NC(=O)c3ncccc3C(F)(F)F)ccc2F)CCSC(N)=N1. The summed E-state index contributed by atoms with van der Waals surface area (Å²) in [7, 11) is 0. The number of alkyl halides is 3. The Bertz CT molecular complexity index is 963. The first-order chi connectivity index (χ1) is 13.7. The molecule has 0 spiro atoms. The number of aliphatic imine (C=N–C) groups is 1. The number of anilines is 1. The summed E-state index contributed by atoms with van der Waals surface area (Å²) >= 11 is 1.37. The Morgan fingerprint density at radius 2 is 2.10 bits per heavy atom. The van der Waals surface area contributed by atoms with Gasteiger partial charge in [0.1, 0.15) is 11.5 Å². The molecule has 10 heteroatoms. The van der Waals surface area contributed by atoms with E-state index in [-0.39, 0.29) is 11.3 Å². The largest absolute Gasteiger partial charge is 0.418 e. The molecule has 3 N–H and O–H groups in total. The fourth-order valence-corrected chi connectivity index (χ4v) is 4.12. The number of thioether (sulfide) groups is 1. The van der Waals surface area contributed by atoms with Gasteiger partial charge in [0, 0.05) is 23.2 Å². The van der Waals surface area contributed by atoms with Crippen LogP contribution in [0.5, 0.6) is 0 Å². The van der Waals surface area contributed by atoms with E-state index in [0.717, 1.165) is 24.4 Å². The van der Waals surface area contributed by atoms with Crippen LogP contribution in [0.4, 0.5) is 23.2 Å². The van der Waals surface area contributed by atoms with Crippen LogP contribution in [-0.4, -0.2) is 21.8 Å². The first-order valence-electron chi connectivity index (χ1n) is 8.78. The third kappa shape index (κ3) is 4.36. The van der Waals surface area contributed by atoms with Crippen molar-refractivity contribution in [2.75, 3.05) is 11.1 Å². The molecule has 1 aliphatic heterocycles. The van der Waals surface area contributed by atoms with Crippen molar-refractivity contribution in [3.63, 3.8) is 0 Å². The van der Waals surface area contributed by atoms with Gasteiger partial charge in [0.2, 0.25) is 0 Å². The van der Waals surface area contributed by atoms with Gasteiger partial charge >= 0.3 is 6.18 Å². The maximum absolute atomic E-state index is 14.6. The monoisotopic (exact) mass is 426 g/mol. The highest BCUT2D eigenvalue weighted by Crippen LogP contribution is 2.40. The maximum atomic E-state index is 14.6. The topological polar surface area (TPSA) is 80.4 Å². The fraction of sp³-hybridized carbons (Fsp3) is 0.316. The third-order valence-corrected chi connectivity index (χ3v) is 5.52. The number of benzene rings is 1. The number of amides is 1. The second-order valence-electron chi connectivity index (χ2n) is 6.48. The molecule has 0 saturated carbocycles. The standard InChI is InChI=1S/C19H18F4N4OS/c1-2-18(7-9-29-17(24)27-18)13-10-11(5-6-14(13)20)26-16(28)15-12(19(21,22)23)4-3-8-25-15/h3-6,8,10H,2,7,9H2,1H3,(H2,24,27)(H,26,28)/t18-/m0/s1. The zero-order valence-electron chi connectivity index (χ0n) is 15.4. The molecule has 1 aromatic heterocycles. The summed E-state index contributed by atoms with van der Waals surface area (Å²) in [6.07, 6.45) is -2.61. The van der Waals surface area contributed by atoms with Gasteiger partial charge in [-0.15, -0.1) is 0 Å². The zero-order chi connectivity index (χ0) is 21.2. The normalized spacial score (nSPS) is 19.6. The van der Waals surface area contributed by atoms with Crippen LogP contribution in [0, 0.1) is 5.82 Å². The molecule has 0 fully saturated rings. The van der Waals surface area contributed by atoms with Gasteiger partial charge in [-0.05, 0) is 43.2 Å². The number of hydrogen-bond acceptors (Lipinski definition) is 5. The van der Waals surface area contributed by atoms with Gasteiger partial charge in [-0.2, -0.15) is 13.2 Å². The molecule has 3 rings (SSSR count). The number of aromatic nitrogens is 1. The smallest absolute Gasteiger partial charge is 0.379 e.